The Labute approximate surface area is 137 Å². The SMILES string of the molecule is CN1CCC[C@H]1CCNC(=O)N(CCO)Cc1ccc(F)cc1. The number of halogens is 1. The second-order valence-electron chi connectivity index (χ2n) is 6.07. The zero-order valence-electron chi connectivity index (χ0n) is 13.7. The first-order valence-corrected chi connectivity index (χ1v) is 8.18. The van der Waals surface area contributed by atoms with Gasteiger partial charge in [-0.1, -0.05) is 12.1 Å². The Hall–Kier alpha value is -1.66. The van der Waals surface area contributed by atoms with Crippen LogP contribution in [0.3, 0.4) is 0 Å². The van der Waals surface area contributed by atoms with Crippen molar-refractivity contribution in [3.63, 3.8) is 0 Å². The summed E-state index contributed by atoms with van der Waals surface area (Å²) in [6, 6.07) is 6.41. The highest BCUT2D eigenvalue weighted by atomic mass is 19.1. The molecule has 1 aliphatic rings. The number of nitrogens with zero attached hydrogens (tertiary/aromatic N) is 2. The quantitative estimate of drug-likeness (QED) is 0.805. The van der Waals surface area contributed by atoms with E-state index in [1.54, 1.807) is 17.0 Å². The molecule has 2 amide bonds. The van der Waals surface area contributed by atoms with Gasteiger partial charge < -0.3 is 20.2 Å². The average Bonchev–Trinajstić information content (AvgIpc) is 2.94. The number of urea groups is 1. The number of nitrogens with one attached hydrogen (secondary N) is 1. The summed E-state index contributed by atoms with van der Waals surface area (Å²) < 4.78 is 12.9. The van der Waals surface area contributed by atoms with Crippen LogP contribution in [0.5, 0.6) is 0 Å². The molecule has 0 spiro atoms. The molecule has 2 rings (SSSR count). The van der Waals surface area contributed by atoms with Crippen LogP contribution in [0, 0.1) is 5.82 Å². The van der Waals surface area contributed by atoms with Gasteiger partial charge in [0.15, 0.2) is 0 Å². The van der Waals surface area contributed by atoms with Crippen LogP contribution in [-0.2, 0) is 6.54 Å². The van der Waals surface area contributed by atoms with Gasteiger partial charge in [-0.3, -0.25) is 0 Å². The van der Waals surface area contributed by atoms with Crippen LogP contribution in [0.4, 0.5) is 9.18 Å². The molecule has 5 nitrogen and oxygen atoms in total. The second kappa shape index (κ2) is 8.84. The zero-order valence-corrected chi connectivity index (χ0v) is 13.7. The van der Waals surface area contributed by atoms with E-state index in [1.807, 2.05) is 0 Å². The second-order valence-corrected chi connectivity index (χ2v) is 6.07. The average molecular weight is 323 g/mol. The number of carbonyl (C=O) groups excluding carboxylic acids is 1. The maximum atomic E-state index is 12.9. The number of hydrogen-bond acceptors (Lipinski definition) is 3. The van der Waals surface area contributed by atoms with Gasteiger partial charge in [0.05, 0.1) is 6.61 Å². The van der Waals surface area contributed by atoms with Gasteiger partial charge in [0, 0.05) is 25.7 Å². The molecule has 0 saturated carbocycles. The summed E-state index contributed by atoms with van der Waals surface area (Å²) >= 11 is 0. The van der Waals surface area contributed by atoms with Crippen LogP contribution in [0.2, 0.25) is 0 Å². The minimum atomic E-state index is -0.299. The van der Waals surface area contributed by atoms with Gasteiger partial charge in [0.2, 0.25) is 0 Å². The highest BCUT2D eigenvalue weighted by Crippen LogP contribution is 2.17. The van der Waals surface area contributed by atoms with Crippen molar-refractivity contribution >= 4 is 6.03 Å². The number of benzene rings is 1. The summed E-state index contributed by atoms with van der Waals surface area (Å²) in [5.41, 5.74) is 0.838. The Morgan fingerprint density at radius 3 is 2.78 bits per heavy atom. The van der Waals surface area contributed by atoms with Crippen LogP contribution in [0.1, 0.15) is 24.8 Å². The molecule has 1 aromatic rings. The lowest BCUT2D eigenvalue weighted by atomic mass is 10.1. The maximum Gasteiger partial charge on any atom is 0.317 e. The van der Waals surface area contributed by atoms with Crippen molar-refractivity contribution in [2.45, 2.75) is 31.8 Å². The number of amides is 2. The standard InChI is InChI=1S/C17H26FN3O2/c1-20-10-2-3-16(20)8-9-19-17(23)21(11-12-22)13-14-4-6-15(18)7-5-14/h4-7,16,22H,2-3,8-13H2,1H3,(H,19,23)/t16-/m0/s1. The molecule has 1 atom stereocenters. The molecule has 0 radical (unpaired) electrons. The predicted molar refractivity (Wildman–Crippen MR) is 87.6 cm³/mol. The third-order valence-electron chi connectivity index (χ3n) is 4.37. The van der Waals surface area contributed by atoms with Crippen molar-refractivity contribution < 1.29 is 14.3 Å². The van der Waals surface area contributed by atoms with Crippen molar-refractivity contribution in [3.8, 4) is 0 Å². The van der Waals surface area contributed by atoms with Crippen LogP contribution < -0.4 is 5.32 Å². The van der Waals surface area contributed by atoms with E-state index in [9.17, 15) is 9.18 Å². The fraction of sp³-hybridized carbons (Fsp3) is 0.588. The molecule has 1 heterocycles. The van der Waals surface area contributed by atoms with Gasteiger partial charge in [0.1, 0.15) is 5.82 Å². The molecule has 23 heavy (non-hydrogen) atoms. The van der Waals surface area contributed by atoms with E-state index >= 15 is 0 Å². The van der Waals surface area contributed by atoms with Crippen LogP contribution in [0.25, 0.3) is 0 Å². The lowest BCUT2D eigenvalue weighted by molar-refractivity contribution is 0.173. The molecule has 2 N–H and O–H groups in total. The van der Waals surface area contributed by atoms with Gasteiger partial charge in [0.25, 0.3) is 0 Å². The molecular formula is C17H26FN3O2. The lowest BCUT2D eigenvalue weighted by Crippen LogP contribution is -2.42. The predicted octanol–water partition coefficient (Wildman–Crippen LogP) is 1.81. The van der Waals surface area contributed by atoms with Crippen molar-refractivity contribution in [2.75, 3.05) is 33.3 Å². The Bertz CT molecular complexity index is 495. The van der Waals surface area contributed by atoms with E-state index in [4.69, 9.17) is 5.11 Å². The van der Waals surface area contributed by atoms with Gasteiger partial charge in [-0.05, 0) is 50.6 Å². The van der Waals surface area contributed by atoms with Gasteiger partial charge >= 0.3 is 6.03 Å². The smallest absolute Gasteiger partial charge is 0.317 e. The fourth-order valence-electron chi connectivity index (χ4n) is 2.98. The molecule has 0 unspecified atom stereocenters. The number of aliphatic hydroxyl groups excluding tert-OH is 1. The Kier molecular flexibility index (Phi) is 6.80. The number of carbonyl (C=O) groups is 1. The van der Waals surface area contributed by atoms with Crippen molar-refractivity contribution in [1.82, 2.24) is 15.1 Å². The van der Waals surface area contributed by atoms with Crippen molar-refractivity contribution in [1.29, 1.82) is 0 Å². The first kappa shape index (κ1) is 17.7. The molecule has 0 aliphatic carbocycles. The third kappa shape index (κ3) is 5.48. The number of hydrogen-bond donors (Lipinski definition) is 2. The van der Waals surface area contributed by atoms with E-state index in [2.05, 4.69) is 17.3 Å². The largest absolute Gasteiger partial charge is 0.395 e. The molecule has 1 aliphatic heterocycles. The summed E-state index contributed by atoms with van der Waals surface area (Å²) in [7, 11) is 2.12. The molecule has 1 saturated heterocycles. The van der Waals surface area contributed by atoms with E-state index in [0.29, 0.717) is 19.1 Å². The molecule has 0 aromatic heterocycles. The van der Waals surface area contributed by atoms with Crippen molar-refractivity contribution in [3.05, 3.63) is 35.6 Å². The van der Waals surface area contributed by atoms with Gasteiger partial charge in [-0.2, -0.15) is 0 Å². The highest BCUT2D eigenvalue weighted by molar-refractivity contribution is 5.74. The zero-order chi connectivity index (χ0) is 16.7. The van der Waals surface area contributed by atoms with Gasteiger partial charge in [-0.15, -0.1) is 0 Å². The summed E-state index contributed by atoms with van der Waals surface area (Å²) in [5, 5.41) is 12.1. The fourth-order valence-corrected chi connectivity index (χ4v) is 2.98. The van der Waals surface area contributed by atoms with Gasteiger partial charge in [-0.25, -0.2) is 9.18 Å². The first-order chi connectivity index (χ1) is 11.1. The molecule has 0 bridgehead atoms. The number of aliphatic hydroxyl groups is 1. The highest BCUT2D eigenvalue weighted by Gasteiger charge is 2.21. The van der Waals surface area contributed by atoms with E-state index in [0.717, 1.165) is 18.5 Å². The van der Waals surface area contributed by atoms with E-state index in [-0.39, 0.29) is 25.0 Å². The minimum absolute atomic E-state index is 0.0972. The summed E-state index contributed by atoms with van der Waals surface area (Å²) in [4.78, 5) is 16.2. The molecule has 1 fully saturated rings. The number of likely N-dealkylation sites (tertiary alicyclic amines) is 1. The van der Waals surface area contributed by atoms with E-state index in [1.165, 1.54) is 25.0 Å². The maximum absolute atomic E-state index is 12.9. The summed E-state index contributed by atoms with van der Waals surface area (Å²) in [6.45, 7) is 2.27. The monoisotopic (exact) mass is 323 g/mol. The van der Waals surface area contributed by atoms with Crippen LogP contribution >= 0.6 is 0 Å². The Morgan fingerprint density at radius 2 is 2.17 bits per heavy atom. The molecular weight excluding hydrogens is 297 g/mol. The molecule has 1 aromatic carbocycles. The van der Waals surface area contributed by atoms with Crippen LogP contribution in [-0.4, -0.2) is 60.3 Å². The van der Waals surface area contributed by atoms with E-state index < -0.39 is 0 Å². The normalized spacial score (nSPS) is 18.1. The summed E-state index contributed by atoms with van der Waals surface area (Å²) in [5.74, 6) is -0.299. The topological polar surface area (TPSA) is 55.8 Å². The Morgan fingerprint density at radius 1 is 1.43 bits per heavy atom. The molecule has 6 heteroatoms. The first-order valence-electron chi connectivity index (χ1n) is 8.18. The van der Waals surface area contributed by atoms with Crippen LogP contribution in [0.15, 0.2) is 24.3 Å². The Balaban J connectivity index is 1.81. The third-order valence-corrected chi connectivity index (χ3v) is 4.37. The molecule has 128 valence electrons. The van der Waals surface area contributed by atoms with Crippen molar-refractivity contribution in [2.24, 2.45) is 0 Å². The lowest BCUT2D eigenvalue weighted by Gasteiger charge is -2.24. The summed E-state index contributed by atoms with van der Waals surface area (Å²) in [6.07, 6.45) is 3.34. The minimum Gasteiger partial charge on any atom is -0.395 e. The number of rotatable bonds is 7.